The Morgan fingerprint density at radius 2 is 2.55 bits per heavy atom. The summed E-state index contributed by atoms with van der Waals surface area (Å²) >= 11 is 0. The van der Waals surface area contributed by atoms with Gasteiger partial charge in [0.25, 0.3) is 0 Å². The maximum Gasteiger partial charge on any atom is 0.0994 e. The second kappa shape index (κ2) is 3.45. The lowest BCUT2D eigenvalue weighted by molar-refractivity contribution is 0.275. The number of aliphatic hydroxyl groups is 1. The third-order valence-electron chi connectivity index (χ3n) is 1.44. The van der Waals surface area contributed by atoms with Gasteiger partial charge in [-0.05, 0) is 6.42 Å². The molecule has 5 nitrogen and oxygen atoms in total. The Labute approximate surface area is 64.8 Å². The molecule has 0 saturated carbocycles. The minimum absolute atomic E-state index is 0.0811. The van der Waals surface area contributed by atoms with Gasteiger partial charge in [0.1, 0.15) is 0 Å². The average Bonchev–Trinajstić information content (AvgIpc) is 2.36. The number of hydrogen-bond acceptors (Lipinski definition) is 4. The second-order valence-electron chi connectivity index (χ2n) is 2.44. The van der Waals surface area contributed by atoms with E-state index in [2.05, 4.69) is 10.3 Å². The van der Waals surface area contributed by atoms with E-state index in [0.717, 1.165) is 5.69 Å². The highest BCUT2D eigenvalue weighted by molar-refractivity contribution is 4.98. The van der Waals surface area contributed by atoms with Crippen LogP contribution in [0.1, 0.15) is 18.2 Å². The summed E-state index contributed by atoms with van der Waals surface area (Å²) in [5, 5.41) is 16.1. The van der Waals surface area contributed by atoms with E-state index in [0.29, 0.717) is 6.42 Å². The van der Waals surface area contributed by atoms with Gasteiger partial charge in [0.2, 0.25) is 0 Å². The van der Waals surface area contributed by atoms with Crippen molar-refractivity contribution in [1.29, 1.82) is 0 Å². The Morgan fingerprint density at radius 1 is 1.82 bits per heavy atom. The molecule has 1 aromatic rings. The zero-order valence-corrected chi connectivity index (χ0v) is 6.44. The van der Waals surface area contributed by atoms with Crippen LogP contribution < -0.4 is 5.73 Å². The van der Waals surface area contributed by atoms with Gasteiger partial charge in [0, 0.05) is 19.9 Å². The van der Waals surface area contributed by atoms with Crippen molar-refractivity contribution in [3.05, 3.63) is 11.9 Å². The van der Waals surface area contributed by atoms with Gasteiger partial charge in [-0.25, -0.2) is 0 Å². The Kier molecular flexibility index (Phi) is 2.56. The Hall–Kier alpha value is -0.940. The molecule has 0 bridgehead atoms. The molecule has 11 heavy (non-hydrogen) atoms. The number of aromatic nitrogens is 3. The van der Waals surface area contributed by atoms with Gasteiger partial charge in [-0.15, -0.1) is 5.10 Å². The molecule has 1 unspecified atom stereocenters. The van der Waals surface area contributed by atoms with Crippen LogP contribution in [0.4, 0.5) is 0 Å². The first-order valence-electron chi connectivity index (χ1n) is 3.46. The van der Waals surface area contributed by atoms with E-state index >= 15 is 0 Å². The summed E-state index contributed by atoms with van der Waals surface area (Å²) in [7, 11) is 1.78. The minimum Gasteiger partial charge on any atom is -0.396 e. The first-order valence-corrected chi connectivity index (χ1v) is 3.46. The number of aryl methyl sites for hydroxylation is 1. The summed E-state index contributed by atoms with van der Waals surface area (Å²) in [6.45, 7) is 0.0811. The molecule has 0 saturated heterocycles. The largest absolute Gasteiger partial charge is 0.396 e. The van der Waals surface area contributed by atoms with Gasteiger partial charge in [0.05, 0.1) is 11.7 Å². The standard InChI is InChI=1S/C6H12N4O/c1-10-4-6(8-9-10)5(7)2-3-11/h4-5,11H,2-3,7H2,1H3. The summed E-state index contributed by atoms with van der Waals surface area (Å²) in [6, 6.07) is -0.200. The van der Waals surface area contributed by atoms with E-state index in [-0.39, 0.29) is 12.6 Å². The maximum atomic E-state index is 8.57. The van der Waals surface area contributed by atoms with Crippen molar-refractivity contribution in [2.45, 2.75) is 12.5 Å². The summed E-state index contributed by atoms with van der Waals surface area (Å²) < 4.78 is 1.59. The summed E-state index contributed by atoms with van der Waals surface area (Å²) in [4.78, 5) is 0. The van der Waals surface area contributed by atoms with E-state index in [1.807, 2.05) is 0 Å². The normalized spacial score (nSPS) is 13.4. The molecule has 0 aliphatic carbocycles. The average molecular weight is 156 g/mol. The fourth-order valence-electron chi connectivity index (χ4n) is 0.822. The quantitative estimate of drug-likeness (QED) is 0.600. The highest BCUT2D eigenvalue weighted by Gasteiger charge is 2.07. The van der Waals surface area contributed by atoms with Crippen molar-refractivity contribution in [3.8, 4) is 0 Å². The van der Waals surface area contributed by atoms with E-state index in [1.54, 1.807) is 17.9 Å². The second-order valence-corrected chi connectivity index (χ2v) is 2.44. The van der Waals surface area contributed by atoms with Gasteiger partial charge in [-0.3, -0.25) is 4.68 Å². The van der Waals surface area contributed by atoms with Crippen LogP contribution in [0.2, 0.25) is 0 Å². The van der Waals surface area contributed by atoms with Crippen molar-refractivity contribution in [2.24, 2.45) is 12.8 Å². The topological polar surface area (TPSA) is 77.0 Å². The molecule has 0 fully saturated rings. The van der Waals surface area contributed by atoms with Crippen LogP contribution in [-0.4, -0.2) is 26.7 Å². The number of aliphatic hydroxyl groups excluding tert-OH is 1. The summed E-state index contributed by atoms with van der Waals surface area (Å²) in [5.41, 5.74) is 6.37. The smallest absolute Gasteiger partial charge is 0.0994 e. The summed E-state index contributed by atoms with van der Waals surface area (Å²) in [6.07, 6.45) is 2.28. The van der Waals surface area contributed by atoms with Crippen molar-refractivity contribution in [2.75, 3.05) is 6.61 Å². The molecular weight excluding hydrogens is 144 g/mol. The number of nitrogens with two attached hydrogens (primary N) is 1. The van der Waals surface area contributed by atoms with Crippen molar-refractivity contribution < 1.29 is 5.11 Å². The van der Waals surface area contributed by atoms with Crippen LogP contribution in [0, 0.1) is 0 Å². The zero-order valence-electron chi connectivity index (χ0n) is 6.44. The third kappa shape index (κ3) is 1.99. The molecule has 0 amide bonds. The lowest BCUT2D eigenvalue weighted by Gasteiger charge is -2.03. The van der Waals surface area contributed by atoms with Crippen LogP contribution in [0.5, 0.6) is 0 Å². The minimum atomic E-state index is -0.200. The fraction of sp³-hybridized carbons (Fsp3) is 0.667. The zero-order chi connectivity index (χ0) is 8.27. The van der Waals surface area contributed by atoms with Gasteiger partial charge in [0.15, 0.2) is 0 Å². The predicted octanol–water partition coefficient (Wildman–Crippen LogP) is -0.803. The monoisotopic (exact) mass is 156 g/mol. The van der Waals surface area contributed by atoms with Crippen molar-refractivity contribution in [1.82, 2.24) is 15.0 Å². The molecule has 0 aliphatic rings. The number of rotatable bonds is 3. The first kappa shape index (κ1) is 8.16. The van der Waals surface area contributed by atoms with Crippen molar-refractivity contribution in [3.63, 3.8) is 0 Å². The maximum absolute atomic E-state index is 8.57. The molecule has 0 aromatic carbocycles. The molecule has 0 aliphatic heterocycles. The highest BCUT2D eigenvalue weighted by Crippen LogP contribution is 2.07. The molecule has 1 heterocycles. The molecule has 3 N–H and O–H groups in total. The first-order chi connectivity index (χ1) is 5.24. The third-order valence-corrected chi connectivity index (χ3v) is 1.44. The van der Waals surface area contributed by atoms with Crippen LogP contribution in [0.25, 0.3) is 0 Å². The molecule has 1 atom stereocenters. The SMILES string of the molecule is Cn1cc(C(N)CCO)nn1. The molecule has 1 aromatic heterocycles. The van der Waals surface area contributed by atoms with E-state index in [9.17, 15) is 0 Å². The van der Waals surface area contributed by atoms with Gasteiger partial charge in [-0.1, -0.05) is 5.21 Å². The van der Waals surface area contributed by atoms with E-state index in [1.165, 1.54) is 0 Å². The lowest BCUT2D eigenvalue weighted by atomic mass is 10.2. The fourth-order valence-corrected chi connectivity index (χ4v) is 0.822. The molecular formula is C6H12N4O. The van der Waals surface area contributed by atoms with Crippen LogP contribution >= 0.6 is 0 Å². The van der Waals surface area contributed by atoms with Crippen LogP contribution in [0.15, 0.2) is 6.20 Å². The Balaban J connectivity index is 2.60. The number of hydrogen-bond donors (Lipinski definition) is 2. The Bertz CT molecular complexity index is 222. The summed E-state index contributed by atoms with van der Waals surface area (Å²) in [5.74, 6) is 0. The highest BCUT2D eigenvalue weighted by atomic mass is 16.3. The molecule has 0 radical (unpaired) electrons. The number of nitrogens with zero attached hydrogens (tertiary/aromatic N) is 3. The molecule has 5 heteroatoms. The predicted molar refractivity (Wildman–Crippen MR) is 39.6 cm³/mol. The lowest BCUT2D eigenvalue weighted by Crippen LogP contribution is -2.12. The molecule has 62 valence electrons. The van der Waals surface area contributed by atoms with Crippen LogP contribution in [-0.2, 0) is 7.05 Å². The Morgan fingerprint density at radius 3 is 3.00 bits per heavy atom. The van der Waals surface area contributed by atoms with Gasteiger partial charge in [-0.2, -0.15) is 0 Å². The van der Waals surface area contributed by atoms with Gasteiger partial charge < -0.3 is 10.8 Å². The van der Waals surface area contributed by atoms with E-state index < -0.39 is 0 Å². The molecule has 1 rings (SSSR count). The van der Waals surface area contributed by atoms with Crippen molar-refractivity contribution >= 4 is 0 Å². The van der Waals surface area contributed by atoms with Gasteiger partial charge >= 0.3 is 0 Å². The van der Waals surface area contributed by atoms with Crippen LogP contribution in [0.3, 0.4) is 0 Å². The van der Waals surface area contributed by atoms with E-state index in [4.69, 9.17) is 10.8 Å². The molecule has 0 spiro atoms.